The monoisotopic (exact) mass is 287 g/mol. The van der Waals surface area contributed by atoms with Crippen molar-refractivity contribution in [3.8, 4) is 0 Å². The first-order chi connectivity index (χ1) is 9.38. The van der Waals surface area contributed by atoms with Crippen molar-refractivity contribution in [2.75, 3.05) is 6.54 Å². The summed E-state index contributed by atoms with van der Waals surface area (Å²) in [5.74, 6) is 0. The zero-order chi connectivity index (χ0) is 13.1. The summed E-state index contributed by atoms with van der Waals surface area (Å²) in [5.41, 5.74) is 9.32. The van der Waals surface area contributed by atoms with Crippen LogP contribution in [-0.2, 0) is 13.0 Å². The number of hydrogen-bond donors (Lipinski definition) is 1. The van der Waals surface area contributed by atoms with E-state index in [1.807, 2.05) is 18.3 Å². The lowest BCUT2D eigenvalue weighted by atomic mass is 10.1. The van der Waals surface area contributed by atoms with Crippen LogP contribution < -0.4 is 5.73 Å². The van der Waals surface area contributed by atoms with Gasteiger partial charge in [-0.2, -0.15) is 0 Å². The van der Waals surface area contributed by atoms with Crippen LogP contribution in [0.25, 0.3) is 10.9 Å². The van der Waals surface area contributed by atoms with E-state index in [1.54, 1.807) is 0 Å². The molecule has 0 spiro atoms. The summed E-state index contributed by atoms with van der Waals surface area (Å²) in [4.78, 5) is 4.39. The van der Waals surface area contributed by atoms with Crippen molar-refractivity contribution in [1.29, 1.82) is 0 Å². The number of fused-ring (bicyclic) bond motifs is 1. The topological polar surface area (TPSA) is 43.8 Å². The standard InChI is InChI=1S/C16H17N3.ClH/c17-9-8-13-11-19(12-14-5-3-4-10-18-14)16-7-2-1-6-15(13)16;/h1-7,10-11H,8-9,12,17H2;1H. The van der Waals surface area contributed by atoms with Crippen LogP contribution in [0.4, 0.5) is 0 Å². The van der Waals surface area contributed by atoms with E-state index in [1.165, 1.54) is 16.5 Å². The molecule has 3 aromatic rings. The second-order valence-corrected chi connectivity index (χ2v) is 4.66. The highest BCUT2D eigenvalue weighted by Crippen LogP contribution is 2.22. The van der Waals surface area contributed by atoms with E-state index < -0.39 is 0 Å². The molecule has 2 aromatic heterocycles. The fourth-order valence-electron chi connectivity index (χ4n) is 2.47. The summed E-state index contributed by atoms with van der Waals surface area (Å²) in [5, 5.41) is 1.30. The third-order valence-corrected chi connectivity index (χ3v) is 3.34. The molecule has 104 valence electrons. The molecule has 0 aliphatic heterocycles. The Hall–Kier alpha value is -1.84. The molecule has 3 nitrogen and oxygen atoms in total. The fourth-order valence-corrected chi connectivity index (χ4v) is 2.47. The highest BCUT2D eigenvalue weighted by atomic mass is 35.5. The number of halogens is 1. The summed E-state index contributed by atoms with van der Waals surface area (Å²) in [6.07, 6.45) is 4.95. The molecule has 0 aliphatic rings. The van der Waals surface area contributed by atoms with Crippen LogP contribution in [0.1, 0.15) is 11.3 Å². The van der Waals surface area contributed by atoms with Gasteiger partial charge in [0.1, 0.15) is 0 Å². The summed E-state index contributed by atoms with van der Waals surface area (Å²) in [6, 6.07) is 14.5. The SMILES string of the molecule is Cl.NCCc1cn(Cc2ccccn2)c2ccccc12. The van der Waals surface area contributed by atoms with Crippen LogP contribution in [0.2, 0.25) is 0 Å². The van der Waals surface area contributed by atoms with Gasteiger partial charge in [0.05, 0.1) is 12.2 Å². The molecular formula is C16H18ClN3. The molecule has 0 aliphatic carbocycles. The van der Waals surface area contributed by atoms with Crippen molar-refractivity contribution < 1.29 is 0 Å². The highest BCUT2D eigenvalue weighted by Gasteiger charge is 2.07. The molecule has 4 heteroatoms. The molecule has 0 unspecified atom stereocenters. The number of nitrogens with zero attached hydrogens (tertiary/aromatic N) is 2. The Labute approximate surface area is 124 Å². The summed E-state index contributed by atoms with van der Waals surface area (Å²) < 4.78 is 2.25. The van der Waals surface area contributed by atoms with Gasteiger partial charge in [-0.3, -0.25) is 4.98 Å². The molecule has 0 atom stereocenters. The Morgan fingerprint density at radius 1 is 1.05 bits per heavy atom. The van der Waals surface area contributed by atoms with Gasteiger partial charge in [0.2, 0.25) is 0 Å². The lowest BCUT2D eigenvalue weighted by molar-refractivity contribution is 0.800. The Balaban J connectivity index is 0.00000147. The number of para-hydroxylation sites is 1. The molecular weight excluding hydrogens is 270 g/mol. The molecule has 0 bridgehead atoms. The maximum atomic E-state index is 5.69. The third kappa shape index (κ3) is 2.84. The van der Waals surface area contributed by atoms with Gasteiger partial charge in [0.15, 0.2) is 0 Å². The minimum absolute atomic E-state index is 0. The van der Waals surface area contributed by atoms with E-state index >= 15 is 0 Å². The Kier molecular flexibility index (Phi) is 4.77. The van der Waals surface area contributed by atoms with E-state index in [2.05, 4.69) is 46.1 Å². The maximum Gasteiger partial charge on any atom is 0.0648 e. The average Bonchev–Trinajstić information content (AvgIpc) is 2.79. The van der Waals surface area contributed by atoms with Crippen LogP contribution >= 0.6 is 12.4 Å². The zero-order valence-electron chi connectivity index (χ0n) is 11.2. The van der Waals surface area contributed by atoms with E-state index in [9.17, 15) is 0 Å². The maximum absolute atomic E-state index is 5.69. The Bertz CT molecular complexity index is 677. The smallest absolute Gasteiger partial charge is 0.0648 e. The summed E-state index contributed by atoms with van der Waals surface area (Å²) in [6.45, 7) is 1.48. The number of hydrogen-bond acceptors (Lipinski definition) is 2. The predicted molar refractivity (Wildman–Crippen MR) is 85.3 cm³/mol. The lowest BCUT2D eigenvalue weighted by Crippen LogP contribution is -2.02. The van der Waals surface area contributed by atoms with Crippen LogP contribution in [0.3, 0.4) is 0 Å². The van der Waals surface area contributed by atoms with Gasteiger partial charge in [0, 0.05) is 23.3 Å². The van der Waals surface area contributed by atoms with Crippen molar-refractivity contribution in [1.82, 2.24) is 9.55 Å². The van der Waals surface area contributed by atoms with E-state index in [0.717, 1.165) is 18.7 Å². The molecule has 0 radical (unpaired) electrons. The van der Waals surface area contributed by atoms with Crippen molar-refractivity contribution in [2.24, 2.45) is 5.73 Å². The third-order valence-electron chi connectivity index (χ3n) is 3.34. The molecule has 3 rings (SSSR count). The van der Waals surface area contributed by atoms with E-state index in [-0.39, 0.29) is 12.4 Å². The van der Waals surface area contributed by atoms with E-state index in [0.29, 0.717) is 6.54 Å². The van der Waals surface area contributed by atoms with Gasteiger partial charge >= 0.3 is 0 Å². The minimum atomic E-state index is 0. The van der Waals surface area contributed by atoms with Gasteiger partial charge in [-0.25, -0.2) is 0 Å². The molecule has 20 heavy (non-hydrogen) atoms. The fraction of sp³-hybridized carbons (Fsp3) is 0.188. The predicted octanol–water partition coefficient (Wildman–Crippen LogP) is 3.01. The Morgan fingerprint density at radius 3 is 2.60 bits per heavy atom. The largest absolute Gasteiger partial charge is 0.341 e. The number of benzene rings is 1. The normalized spacial score (nSPS) is 10.4. The van der Waals surface area contributed by atoms with Crippen molar-refractivity contribution in [3.63, 3.8) is 0 Å². The molecule has 2 heterocycles. The van der Waals surface area contributed by atoms with E-state index in [4.69, 9.17) is 5.73 Å². The number of rotatable bonds is 4. The molecule has 2 N–H and O–H groups in total. The first-order valence-electron chi connectivity index (χ1n) is 6.55. The first-order valence-corrected chi connectivity index (χ1v) is 6.55. The number of aromatic nitrogens is 2. The van der Waals surface area contributed by atoms with Crippen LogP contribution in [-0.4, -0.2) is 16.1 Å². The molecule has 0 fully saturated rings. The molecule has 1 aromatic carbocycles. The van der Waals surface area contributed by atoms with Gasteiger partial charge in [-0.1, -0.05) is 24.3 Å². The van der Waals surface area contributed by atoms with Crippen LogP contribution in [0.15, 0.2) is 54.9 Å². The van der Waals surface area contributed by atoms with Gasteiger partial charge in [-0.05, 0) is 36.7 Å². The number of nitrogens with two attached hydrogens (primary N) is 1. The van der Waals surface area contributed by atoms with Crippen molar-refractivity contribution in [3.05, 3.63) is 66.1 Å². The summed E-state index contributed by atoms with van der Waals surface area (Å²) >= 11 is 0. The summed E-state index contributed by atoms with van der Waals surface area (Å²) in [7, 11) is 0. The average molecular weight is 288 g/mol. The number of pyridine rings is 1. The quantitative estimate of drug-likeness (QED) is 0.802. The second kappa shape index (κ2) is 6.55. The molecule has 0 saturated carbocycles. The van der Waals surface area contributed by atoms with Crippen molar-refractivity contribution in [2.45, 2.75) is 13.0 Å². The van der Waals surface area contributed by atoms with Crippen LogP contribution in [0, 0.1) is 0 Å². The van der Waals surface area contributed by atoms with Gasteiger partial charge < -0.3 is 10.3 Å². The molecule has 0 saturated heterocycles. The zero-order valence-corrected chi connectivity index (χ0v) is 12.0. The van der Waals surface area contributed by atoms with Crippen LogP contribution in [0.5, 0.6) is 0 Å². The lowest BCUT2D eigenvalue weighted by Gasteiger charge is -2.04. The highest BCUT2D eigenvalue weighted by molar-refractivity contribution is 5.85. The van der Waals surface area contributed by atoms with Gasteiger partial charge in [-0.15, -0.1) is 12.4 Å². The minimum Gasteiger partial charge on any atom is -0.341 e. The second-order valence-electron chi connectivity index (χ2n) is 4.66. The Morgan fingerprint density at radius 2 is 1.85 bits per heavy atom. The first kappa shape index (κ1) is 14.6. The molecule has 0 amide bonds. The van der Waals surface area contributed by atoms with Gasteiger partial charge in [0.25, 0.3) is 0 Å². The van der Waals surface area contributed by atoms with Crippen molar-refractivity contribution >= 4 is 23.3 Å².